The molecule has 0 spiro atoms. The van der Waals surface area contributed by atoms with Crippen LogP contribution in [0.15, 0.2) is 78.4 Å². The van der Waals surface area contributed by atoms with Crippen molar-refractivity contribution in [2.75, 3.05) is 25.2 Å². The van der Waals surface area contributed by atoms with E-state index in [1.807, 2.05) is 19.9 Å². The van der Waals surface area contributed by atoms with Crippen LogP contribution in [0.5, 0.6) is 17.2 Å². The van der Waals surface area contributed by atoms with Gasteiger partial charge in [0.05, 0.1) is 31.9 Å². The molecule has 4 rings (SSSR count). The molecule has 1 fully saturated rings. The van der Waals surface area contributed by atoms with E-state index in [0.29, 0.717) is 59.1 Å². The highest BCUT2D eigenvalue weighted by molar-refractivity contribution is 6.51. The second-order valence-corrected chi connectivity index (χ2v) is 10.4. The van der Waals surface area contributed by atoms with Crippen LogP contribution in [-0.2, 0) is 9.59 Å². The zero-order valence-corrected chi connectivity index (χ0v) is 23.0. The summed E-state index contributed by atoms with van der Waals surface area (Å²) in [4.78, 5) is 28.4. The second-order valence-electron chi connectivity index (χ2n) is 10.4. The Bertz CT molecular complexity index is 1360. The average Bonchev–Trinajstić information content (AvgIpc) is 3.20. The van der Waals surface area contributed by atoms with Crippen molar-refractivity contribution in [3.8, 4) is 17.2 Å². The molecule has 1 unspecified atom stereocenters. The molecule has 0 bridgehead atoms. The van der Waals surface area contributed by atoms with Crippen molar-refractivity contribution >= 4 is 23.1 Å². The fraction of sp³-hybridized carbons (Fsp3) is 0.312. The van der Waals surface area contributed by atoms with Gasteiger partial charge >= 0.3 is 0 Å². The molecular formula is C32H35NO6. The molecule has 1 saturated heterocycles. The van der Waals surface area contributed by atoms with E-state index in [0.717, 1.165) is 0 Å². The highest BCUT2D eigenvalue weighted by Gasteiger charge is 2.47. The summed E-state index contributed by atoms with van der Waals surface area (Å²) in [6, 6.07) is 20.2. The number of ketones is 1. The van der Waals surface area contributed by atoms with Gasteiger partial charge in [-0.3, -0.25) is 14.5 Å². The lowest BCUT2D eigenvalue weighted by atomic mass is 9.95. The van der Waals surface area contributed by atoms with Crippen LogP contribution in [0.4, 0.5) is 5.69 Å². The lowest BCUT2D eigenvalue weighted by Crippen LogP contribution is -2.29. The Morgan fingerprint density at radius 3 is 2.08 bits per heavy atom. The molecule has 1 aliphatic heterocycles. The SMILES string of the molecule is COc1cccc(C2/C(=C(/O)c3cccc(OCC(C)C)c3)C(=O)C(=O)N2c2ccc(OCC(C)C)cc2)c1. The second kappa shape index (κ2) is 12.1. The number of amides is 1. The number of hydrogen-bond donors (Lipinski definition) is 1. The Morgan fingerprint density at radius 1 is 0.821 bits per heavy atom. The molecule has 7 heteroatoms. The fourth-order valence-electron chi connectivity index (χ4n) is 4.34. The van der Waals surface area contributed by atoms with E-state index >= 15 is 0 Å². The minimum atomic E-state index is -0.872. The van der Waals surface area contributed by atoms with Gasteiger partial charge in [0, 0.05) is 11.3 Å². The summed E-state index contributed by atoms with van der Waals surface area (Å²) in [6.45, 7) is 9.29. The topological polar surface area (TPSA) is 85.3 Å². The number of hydrogen-bond acceptors (Lipinski definition) is 6. The molecular weight excluding hydrogens is 494 g/mol. The van der Waals surface area contributed by atoms with E-state index in [1.165, 1.54) is 4.90 Å². The number of aliphatic hydroxyl groups is 1. The lowest BCUT2D eigenvalue weighted by Gasteiger charge is -2.26. The van der Waals surface area contributed by atoms with Crippen LogP contribution in [0.1, 0.15) is 44.9 Å². The number of rotatable bonds is 10. The van der Waals surface area contributed by atoms with Gasteiger partial charge in [0.2, 0.25) is 0 Å². The molecule has 0 saturated carbocycles. The van der Waals surface area contributed by atoms with E-state index in [-0.39, 0.29) is 11.3 Å². The standard InChI is InChI=1S/C32H35NO6/c1-20(2)18-38-25-14-12-24(13-15-25)33-29(22-8-6-10-26(16-22)37-5)28(31(35)32(33)36)30(34)23-9-7-11-27(17-23)39-19-21(3)4/h6-17,20-21,29,34H,18-19H2,1-5H3/b30-28-. The molecule has 7 nitrogen and oxygen atoms in total. The summed E-state index contributed by atoms with van der Waals surface area (Å²) in [5, 5.41) is 11.5. The smallest absolute Gasteiger partial charge is 0.300 e. The monoisotopic (exact) mass is 529 g/mol. The van der Waals surface area contributed by atoms with Gasteiger partial charge in [0.15, 0.2) is 0 Å². The molecule has 1 amide bonds. The fourth-order valence-corrected chi connectivity index (χ4v) is 4.34. The van der Waals surface area contributed by atoms with Crippen LogP contribution in [-0.4, -0.2) is 37.1 Å². The summed E-state index contributed by atoms with van der Waals surface area (Å²) in [6.07, 6.45) is 0. The van der Waals surface area contributed by atoms with E-state index in [4.69, 9.17) is 14.2 Å². The van der Waals surface area contributed by atoms with Crippen molar-refractivity contribution in [3.05, 3.63) is 89.5 Å². The molecule has 0 radical (unpaired) electrons. The summed E-state index contributed by atoms with van der Waals surface area (Å²) in [5.74, 6) is 0.723. The number of benzene rings is 3. The van der Waals surface area contributed by atoms with Crippen molar-refractivity contribution in [1.82, 2.24) is 0 Å². The maximum absolute atomic E-state index is 13.5. The van der Waals surface area contributed by atoms with E-state index in [2.05, 4.69) is 13.8 Å². The van der Waals surface area contributed by atoms with Crippen LogP contribution in [0.2, 0.25) is 0 Å². The first-order chi connectivity index (χ1) is 18.7. The summed E-state index contributed by atoms with van der Waals surface area (Å²) in [5.41, 5.74) is 1.52. The summed E-state index contributed by atoms with van der Waals surface area (Å²) < 4.78 is 17.0. The molecule has 39 heavy (non-hydrogen) atoms. The van der Waals surface area contributed by atoms with Crippen LogP contribution in [0.3, 0.4) is 0 Å². The summed E-state index contributed by atoms with van der Waals surface area (Å²) >= 11 is 0. The number of nitrogens with zero attached hydrogens (tertiary/aromatic N) is 1. The van der Waals surface area contributed by atoms with Gasteiger partial charge in [-0.1, -0.05) is 52.0 Å². The summed E-state index contributed by atoms with van der Waals surface area (Å²) in [7, 11) is 1.55. The van der Waals surface area contributed by atoms with Crippen molar-refractivity contribution < 1.29 is 28.9 Å². The van der Waals surface area contributed by atoms with Gasteiger partial charge < -0.3 is 19.3 Å². The minimum Gasteiger partial charge on any atom is -0.507 e. The van der Waals surface area contributed by atoms with Crippen molar-refractivity contribution in [2.24, 2.45) is 11.8 Å². The Labute approximate surface area is 229 Å². The van der Waals surface area contributed by atoms with E-state index in [1.54, 1.807) is 73.8 Å². The lowest BCUT2D eigenvalue weighted by molar-refractivity contribution is -0.132. The minimum absolute atomic E-state index is 0.00519. The highest BCUT2D eigenvalue weighted by atomic mass is 16.5. The molecule has 1 heterocycles. The predicted molar refractivity (Wildman–Crippen MR) is 151 cm³/mol. The van der Waals surface area contributed by atoms with Crippen molar-refractivity contribution in [1.29, 1.82) is 0 Å². The Kier molecular flexibility index (Phi) is 8.59. The number of ether oxygens (including phenoxy) is 3. The molecule has 3 aromatic carbocycles. The third kappa shape index (κ3) is 6.25. The molecule has 3 aromatic rings. The number of Topliss-reactive ketones (excluding diaryl/α,β-unsaturated/α-hetero) is 1. The highest BCUT2D eigenvalue weighted by Crippen LogP contribution is 2.43. The van der Waals surface area contributed by atoms with E-state index in [9.17, 15) is 14.7 Å². The Hall–Kier alpha value is -4.26. The molecule has 0 aliphatic carbocycles. The third-order valence-corrected chi connectivity index (χ3v) is 6.24. The van der Waals surface area contributed by atoms with Crippen LogP contribution >= 0.6 is 0 Å². The van der Waals surface area contributed by atoms with Crippen LogP contribution in [0.25, 0.3) is 5.76 Å². The molecule has 204 valence electrons. The first-order valence-corrected chi connectivity index (χ1v) is 13.1. The maximum Gasteiger partial charge on any atom is 0.300 e. The van der Waals surface area contributed by atoms with Gasteiger partial charge in [-0.25, -0.2) is 0 Å². The number of anilines is 1. The molecule has 1 N–H and O–H groups in total. The largest absolute Gasteiger partial charge is 0.507 e. The quantitative estimate of drug-likeness (QED) is 0.186. The van der Waals surface area contributed by atoms with Gasteiger partial charge in [0.1, 0.15) is 23.0 Å². The third-order valence-electron chi connectivity index (χ3n) is 6.24. The zero-order valence-electron chi connectivity index (χ0n) is 23.0. The first-order valence-electron chi connectivity index (χ1n) is 13.1. The number of methoxy groups -OCH3 is 1. The van der Waals surface area contributed by atoms with Crippen LogP contribution < -0.4 is 19.1 Å². The Morgan fingerprint density at radius 2 is 1.44 bits per heavy atom. The van der Waals surface area contributed by atoms with Crippen LogP contribution in [0, 0.1) is 11.8 Å². The van der Waals surface area contributed by atoms with E-state index < -0.39 is 17.7 Å². The van der Waals surface area contributed by atoms with Crippen molar-refractivity contribution in [2.45, 2.75) is 33.7 Å². The molecule has 1 atom stereocenters. The average molecular weight is 530 g/mol. The number of carbonyl (C=O) groups is 2. The first kappa shape index (κ1) is 27.8. The van der Waals surface area contributed by atoms with Crippen molar-refractivity contribution in [3.63, 3.8) is 0 Å². The predicted octanol–water partition coefficient (Wildman–Crippen LogP) is 6.39. The molecule has 1 aliphatic rings. The Balaban J connectivity index is 1.80. The maximum atomic E-state index is 13.5. The van der Waals surface area contributed by atoms with Gasteiger partial charge in [-0.15, -0.1) is 0 Å². The number of aliphatic hydroxyl groups excluding tert-OH is 1. The zero-order chi connectivity index (χ0) is 28.1. The number of carbonyl (C=O) groups excluding carboxylic acids is 2. The van der Waals surface area contributed by atoms with Gasteiger partial charge in [-0.05, 0) is 65.9 Å². The van der Waals surface area contributed by atoms with Gasteiger partial charge in [-0.2, -0.15) is 0 Å². The molecule has 0 aromatic heterocycles. The normalized spacial score (nSPS) is 16.7. The van der Waals surface area contributed by atoms with Gasteiger partial charge in [0.25, 0.3) is 11.7 Å².